The number of hydrogen-bond acceptors (Lipinski definition) is 2. The van der Waals surface area contributed by atoms with Crippen molar-refractivity contribution < 1.29 is 14.7 Å². The van der Waals surface area contributed by atoms with E-state index in [0.29, 0.717) is 5.56 Å². The molecule has 3 unspecified atom stereocenters. The number of halogens is 1. The molecule has 24 heavy (non-hydrogen) atoms. The van der Waals surface area contributed by atoms with Gasteiger partial charge in [-0.1, -0.05) is 58.4 Å². The summed E-state index contributed by atoms with van der Waals surface area (Å²) in [6.45, 7) is 0.113. The molecule has 2 aromatic carbocycles. The van der Waals surface area contributed by atoms with E-state index in [0.717, 1.165) is 16.5 Å². The molecule has 0 radical (unpaired) electrons. The highest BCUT2D eigenvalue weighted by atomic mass is 79.9. The van der Waals surface area contributed by atoms with Crippen molar-refractivity contribution in [2.75, 3.05) is 6.54 Å². The summed E-state index contributed by atoms with van der Waals surface area (Å²) in [6, 6.07) is 17.0. The number of carbonyl (C=O) groups is 2. The topological polar surface area (TPSA) is 66.4 Å². The maximum Gasteiger partial charge on any atom is 0.312 e. The van der Waals surface area contributed by atoms with Crippen LogP contribution in [0.25, 0.3) is 0 Å². The molecule has 1 saturated carbocycles. The molecule has 124 valence electrons. The minimum atomic E-state index is -0.929. The lowest BCUT2D eigenvalue weighted by Crippen LogP contribution is -2.32. The Kier molecular flexibility index (Phi) is 5.00. The SMILES string of the molecule is O=C(O)C(CNC(=O)C1CC1c1ccc(Br)cc1)c1ccccc1. The average Bonchev–Trinajstić information content (AvgIpc) is 3.37. The van der Waals surface area contributed by atoms with Crippen molar-refractivity contribution in [3.05, 3.63) is 70.2 Å². The average molecular weight is 388 g/mol. The number of carbonyl (C=O) groups excluding carboxylic acids is 1. The molecular weight excluding hydrogens is 370 g/mol. The van der Waals surface area contributed by atoms with Crippen molar-refractivity contribution >= 4 is 27.8 Å². The molecule has 0 heterocycles. The Morgan fingerprint density at radius 2 is 1.79 bits per heavy atom. The molecule has 3 atom stereocenters. The molecule has 0 spiro atoms. The highest BCUT2D eigenvalue weighted by molar-refractivity contribution is 9.10. The third-order valence-electron chi connectivity index (χ3n) is 4.41. The van der Waals surface area contributed by atoms with Gasteiger partial charge in [0.1, 0.15) is 0 Å². The summed E-state index contributed by atoms with van der Waals surface area (Å²) < 4.78 is 1.01. The molecule has 2 N–H and O–H groups in total. The van der Waals surface area contributed by atoms with Gasteiger partial charge in [-0.2, -0.15) is 0 Å². The van der Waals surface area contributed by atoms with E-state index in [1.54, 1.807) is 24.3 Å². The summed E-state index contributed by atoms with van der Waals surface area (Å²) in [5.74, 6) is -1.54. The normalized spacial score (nSPS) is 20.2. The third kappa shape index (κ3) is 3.85. The minimum Gasteiger partial charge on any atom is -0.481 e. The summed E-state index contributed by atoms with van der Waals surface area (Å²) in [4.78, 5) is 23.8. The number of rotatable bonds is 6. The van der Waals surface area contributed by atoms with Gasteiger partial charge in [0.2, 0.25) is 5.91 Å². The number of aliphatic carboxylic acids is 1. The van der Waals surface area contributed by atoms with Crippen molar-refractivity contribution in [3.8, 4) is 0 Å². The maximum absolute atomic E-state index is 12.3. The number of benzene rings is 2. The van der Waals surface area contributed by atoms with Crippen molar-refractivity contribution in [3.63, 3.8) is 0 Å². The van der Waals surface area contributed by atoms with Gasteiger partial charge in [-0.15, -0.1) is 0 Å². The zero-order chi connectivity index (χ0) is 17.1. The summed E-state index contributed by atoms with van der Waals surface area (Å²) in [5, 5.41) is 12.2. The molecule has 5 heteroatoms. The molecule has 2 aromatic rings. The highest BCUT2D eigenvalue weighted by Gasteiger charge is 2.44. The maximum atomic E-state index is 12.3. The van der Waals surface area contributed by atoms with Crippen LogP contribution >= 0.6 is 15.9 Å². The van der Waals surface area contributed by atoms with Crippen molar-refractivity contribution in [1.29, 1.82) is 0 Å². The smallest absolute Gasteiger partial charge is 0.312 e. The molecular formula is C19H18BrNO3. The third-order valence-corrected chi connectivity index (χ3v) is 4.93. The van der Waals surface area contributed by atoms with Crippen LogP contribution in [0.15, 0.2) is 59.1 Å². The quantitative estimate of drug-likeness (QED) is 0.796. The molecule has 4 nitrogen and oxygen atoms in total. The standard InChI is InChI=1S/C19H18BrNO3/c20-14-8-6-13(7-9-14)15-10-16(15)18(22)21-11-17(19(23)24)12-4-2-1-3-5-12/h1-9,15-17H,10-11H2,(H,21,22)(H,23,24). The number of carboxylic acid groups (broad SMARTS) is 1. The van der Waals surface area contributed by atoms with E-state index in [2.05, 4.69) is 21.2 Å². The molecule has 0 aromatic heterocycles. The van der Waals surface area contributed by atoms with Gasteiger partial charge in [0.05, 0.1) is 5.92 Å². The van der Waals surface area contributed by atoms with E-state index in [1.807, 2.05) is 30.3 Å². The van der Waals surface area contributed by atoms with Crippen LogP contribution in [0.3, 0.4) is 0 Å². The lowest BCUT2D eigenvalue weighted by molar-refractivity contribution is -0.138. The van der Waals surface area contributed by atoms with Crippen LogP contribution in [0.2, 0.25) is 0 Å². The Labute approximate surface area is 149 Å². The van der Waals surface area contributed by atoms with Gasteiger partial charge in [-0.05, 0) is 35.6 Å². The molecule has 1 amide bonds. The highest BCUT2D eigenvalue weighted by Crippen LogP contribution is 2.47. The predicted octanol–water partition coefficient (Wildman–Crippen LogP) is 3.54. The minimum absolute atomic E-state index is 0.0589. The number of hydrogen-bond donors (Lipinski definition) is 2. The summed E-state index contributed by atoms with van der Waals surface area (Å²) >= 11 is 3.40. The van der Waals surface area contributed by atoms with Gasteiger partial charge in [0.15, 0.2) is 0 Å². The Balaban J connectivity index is 1.57. The monoisotopic (exact) mass is 387 g/mol. The molecule has 1 fully saturated rings. The van der Waals surface area contributed by atoms with E-state index >= 15 is 0 Å². The van der Waals surface area contributed by atoms with Gasteiger partial charge in [-0.3, -0.25) is 9.59 Å². The Bertz CT molecular complexity index is 730. The first-order chi connectivity index (χ1) is 11.6. The van der Waals surface area contributed by atoms with Gasteiger partial charge < -0.3 is 10.4 Å². The number of carboxylic acids is 1. The predicted molar refractivity (Wildman–Crippen MR) is 94.8 cm³/mol. The van der Waals surface area contributed by atoms with Gasteiger partial charge in [0, 0.05) is 16.9 Å². The van der Waals surface area contributed by atoms with E-state index in [4.69, 9.17) is 0 Å². The molecule has 3 rings (SSSR count). The Morgan fingerprint density at radius 1 is 1.12 bits per heavy atom. The molecule has 0 bridgehead atoms. The Morgan fingerprint density at radius 3 is 2.42 bits per heavy atom. The van der Waals surface area contributed by atoms with E-state index in [1.165, 1.54) is 0 Å². The lowest BCUT2D eigenvalue weighted by Gasteiger charge is -2.14. The Hall–Kier alpha value is -2.14. The van der Waals surface area contributed by atoms with Crippen LogP contribution in [-0.2, 0) is 9.59 Å². The fraction of sp³-hybridized carbons (Fsp3) is 0.263. The van der Waals surface area contributed by atoms with Gasteiger partial charge in [-0.25, -0.2) is 0 Å². The van der Waals surface area contributed by atoms with Crippen LogP contribution in [-0.4, -0.2) is 23.5 Å². The fourth-order valence-electron chi connectivity index (χ4n) is 2.93. The summed E-state index contributed by atoms with van der Waals surface area (Å²) in [7, 11) is 0. The van der Waals surface area contributed by atoms with Crippen LogP contribution in [0.4, 0.5) is 0 Å². The molecule has 1 aliphatic carbocycles. The second kappa shape index (κ2) is 7.18. The van der Waals surface area contributed by atoms with Gasteiger partial charge >= 0.3 is 5.97 Å². The fourth-order valence-corrected chi connectivity index (χ4v) is 3.19. The largest absolute Gasteiger partial charge is 0.481 e. The zero-order valence-corrected chi connectivity index (χ0v) is 14.6. The summed E-state index contributed by atoms with van der Waals surface area (Å²) in [6.07, 6.45) is 0.816. The molecule has 0 saturated heterocycles. The van der Waals surface area contributed by atoms with Crippen LogP contribution in [0.5, 0.6) is 0 Å². The summed E-state index contributed by atoms with van der Waals surface area (Å²) in [5.41, 5.74) is 1.85. The second-order valence-electron chi connectivity index (χ2n) is 6.05. The van der Waals surface area contributed by atoms with Crippen molar-refractivity contribution in [1.82, 2.24) is 5.32 Å². The first-order valence-corrected chi connectivity index (χ1v) is 8.66. The first kappa shape index (κ1) is 16.7. The van der Waals surface area contributed by atoms with Crippen LogP contribution < -0.4 is 5.32 Å². The van der Waals surface area contributed by atoms with Crippen LogP contribution in [0, 0.1) is 5.92 Å². The van der Waals surface area contributed by atoms with Crippen LogP contribution in [0.1, 0.15) is 29.4 Å². The van der Waals surface area contributed by atoms with E-state index < -0.39 is 11.9 Å². The second-order valence-corrected chi connectivity index (χ2v) is 6.96. The number of nitrogens with one attached hydrogen (secondary N) is 1. The lowest BCUT2D eigenvalue weighted by atomic mass is 9.99. The molecule has 0 aliphatic heterocycles. The number of amides is 1. The zero-order valence-electron chi connectivity index (χ0n) is 13.0. The van der Waals surface area contributed by atoms with E-state index in [-0.39, 0.29) is 24.3 Å². The molecule has 1 aliphatic rings. The van der Waals surface area contributed by atoms with Gasteiger partial charge in [0.25, 0.3) is 0 Å². The first-order valence-electron chi connectivity index (χ1n) is 7.87. The van der Waals surface area contributed by atoms with Crippen molar-refractivity contribution in [2.24, 2.45) is 5.92 Å². The van der Waals surface area contributed by atoms with E-state index in [9.17, 15) is 14.7 Å². The van der Waals surface area contributed by atoms with Crippen molar-refractivity contribution in [2.45, 2.75) is 18.3 Å².